The summed E-state index contributed by atoms with van der Waals surface area (Å²) in [6, 6.07) is 124. The minimum absolute atomic E-state index is 0.383. The lowest BCUT2D eigenvalue weighted by atomic mass is 9.58. The Morgan fingerprint density at radius 1 is 0.248 bits per heavy atom. The highest BCUT2D eigenvalue weighted by Gasteiger charge is 2.43. The van der Waals surface area contributed by atoms with Crippen molar-refractivity contribution in [1.29, 1.82) is 0 Å². The zero-order chi connectivity index (χ0) is 85.1. The van der Waals surface area contributed by atoms with Gasteiger partial charge in [0.05, 0.1) is 0 Å². The van der Waals surface area contributed by atoms with Crippen LogP contribution in [0, 0.1) is 73.5 Å². The molecule has 12 aliphatic carbocycles. The fourth-order valence-corrected chi connectivity index (χ4v) is 21.2. The van der Waals surface area contributed by atoms with Gasteiger partial charge in [-0.05, 0) is 283 Å². The highest BCUT2D eigenvalue weighted by Crippen LogP contribution is 2.56. The van der Waals surface area contributed by atoms with Crippen LogP contribution in [0.5, 0.6) is 0 Å². The van der Waals surface area contributed by atoms with Crippen LogP contribution < -0.4 is 24.5 Å². The number of hydrogen-bond acceptors (Lipinski definition) is 5. The molecule has 0 spiro atoms. The summed E-state index contributed by atoms with van der Waals surface area (Å²) in [6.45, 7) is 11.2. The molecule has 0 saturated heterocycles. The molecule has 620 valence electrons. The molecular formula is C120H115N5. The van der Waals surface area contributed by atoms with Crippen molar-refractivity contribution in [2.24, 2.45) is 52.8 Å². The van der Waals surface area contributed by atoms with Gasteiger partial charge in [0, 0.05) is 131 Å². The molecule has 0 amide bonds. The second-order valence-corrected chi connectivity index (χ2v) is 36.4. The third-order valence-electron chi connectivity index (χ3n) is 28.1. The SMILES string of the molecule is CCCC1(C)CC2C=CC1C(c1ccc(N(C)c3ccc(C)cc3)cc1)=C2.Cc1ccc(-c2ccc(N(C3=CC4CCC3C=C4c3ccc(C4=CC5CCC4C=C5N(C)c4ccccc4)cc3)c3ccccc3)cc2)cc1.Cc1ccc(-c2ccc(N(c3ccccc3)c3ccc(C4=CC5CCC4C=C5c4ccc(N(C)c5ccccc5)cc4)cc3)cc2)cc1. The number of hydrogen-bond donors (Lipinski definition) is 0. The zero-order valence-electron chi connectivity index (χ0n) is 73.7. The van der Waals surface area contributed by atoms with Gasteiger partial charge in [-0.25, -0.2) is 0 Å². The minimum atomic E-state index is 0.383. The fraction of sp³-hybridized carbons (Fsp3) is 0.217. The summed E-state index contributed by atoms with van der Waals surface area (Å²) >= 11 is 0. The Morgan fingerprint density at radius 2 is 0.512 bits per heavy atom. The van der Waals surface area contributed by atoms with E-state index >= 15 is 0 Å². The Balaban J connectivity index is 0.000000128. The monoisotopic (exact) mass is 1630 g/mol. The van der Waals surface area contributed by atoms with E-state index in [1.54, 1.807) is 0 Å². The molecule has 8 bridgehead atoms. The second kappa shape index (κ2) is 35.9. The molecule has 9 unspecified atom stereocenters. The van der Waals surface area contributed by atoms with Gasteiger partial charge >= 0.3 is 0 Å². The molecule has 9 atom stereocenters. The van der Waals surface area contributed by atoms with Gasteiger partial charge < -0.3 is 24.5 Å². The zero-order valence-corrected chi connectivity index (χ0v) is 73.7. The molecule has 0 N–H and O–H groups in total. The summed E-state index contributed by atoms with van der Waals surface area (Å²) in [5, 5.41) is 0. The average molecular weight is 1630 g/mol. The van der Waals surface area contributed by atoms with Crippen molar-refractivity contribution in [3.05, 3.63) is 450 Å². The van der Waals surface area contributed by atoms with Crippen LogP contribution in [0.3, 0.4) is 0 Å². The van der Waals surface area contributed by atoms with E-state index in [4.69, 9.17) is 0 Å². The highest BCUT2D eigenvalue weighted by molar-refractivity contribution is 5.87. The Labute approximate surface area is 743 Å². The van der Waals surface area contributed by atoms with E-state index in [-0.39, 0.29) is 0 Å². The third-order valence-corrected chi connectivity index (χ3v) is 28.1. The minimum Gasteiger partial charge on any atom is -0.348 e. The molecule has 5 heteroatoms. The van der Waals surface area contributed by atoms with Crippen molar-refractivity contribution in [2.75, 3.05) is 45.6 Å². The van der Waals surface area contributed by atoms with Crippen molar-refractivity contribution in [3.8, 4) is 22.3 Å². The molecule has 13 aromatic carbocycles. The molecule has 0 radical (unpaired) electrons. The summed E-state index contributed by atoms with van der Waals surface area (Å²) in [5.74, 6) is 3.83. The van der Waals surface area contributed by atoms with Gasteiger partial charge in [0.15, 0.2) is 0 Å². The molecule has 0 aliphatic heterocycles. The average Bonchev–Trinajstić information content (AvgIpc) is 0.764. The van der Waals surface area contributed by atoms with Gasteiger partial charge in [-0.3, -0.25) is 0 Å². The highest BCUT2D eigenvalue weighted by atomic mass is 15.2. The number of fused-ring (bicyclic) bond motifs is 4. The van der Waals surface area contributed by atoms with Crippen LogP contribution in [0.15, 0.2) is 406 Å². The number of rotatable bonds is 21. The molecule has 125 heavy (non-hydrogen) atoms. The summed E-state index contributed by atoms with van der Waals surface area (Å²) in [6.07, 6.45) is 33.9. The first-order valence-corrected chi connectivity index (χ1v) is 45.7. The molecule has 5 nitrogen and oxygen atoms in total. The summed E-state index contributed by atoms with van der Waals surface area (Å²) < 4.78 is 0. The van der Waals surface area contributed by atoms with Crippen LogP contribution in [0.4, 0.5) is 56.9 Å². The van der Waals surface area contributed by atoms with Gasteiger partial charge in [-0.1, -0.05) is 310 Å². The second-order valence-electron chi connectivity index (χ2n) is 36.4. The van der Waals surface area contributed by atoms with Gasteiger partial charge in [0.2, 0.25) is 0 Å². The Bertz CT molecular complexity index is 6200. The van der Waals surface area contributed by atoms with E-state index in [1.165, 1.54) is 204 Å². The topological polar surface area (TPSA) is 16.2 Å². The predicted molar refractivity (Wildman–Crippen MR) is 533 cm³/mol. The van der Waals surface area contributed by atoms with E-state index in [2.05, 4.69) is 475 Å². The molecule has 25 rings (SSSR count). The van der Waals surface area contributed by atoms with E-state index < -0.39 is 0 Å². The Morgan fingerprint density at radius 3 is 0.872 bits per heavy atom. The van der Waals surface area contributed by atoms with Crippen LogP contribution >= 0.6 is 0 Å². The number of anilines is 10. The van der Waals surface area contributed by atoms with E-state index in [0.717, 1.165) is 17.1 Å². The Hall–Kier alpha value is -13.2. The van der Waals surface area contributed by atoms with Crippen LogP contribution in [-0.4, -0.2) is 21.1 Å². The lowest BCUT2D eigenvalue weighted by molar-refractivity contribution is 0.188. The lowest BCUT2D eigenvalue weighted by Gasteiger charge is -2.46. The van der Waals surface area contributed by atoms with Gasteiger partial charge in [-0.2, -0.15) is 0 Å². The first-order chi connectivity index (χ1) is 61.2. The molecule has 0 fully saturated rings. The summed E-state index contributed by atoms with van der Waals surface area (Å²) in [4.78, 5) is 11.7. The van der Waals surface area contributed by atoms with E-state index in [1.807, 2.05) is 0 Å². The number of nitrogens with zero attached hydrogens (tertiary/aromatic N) is 5. The van der Waals surface area contributed by atoms with Crippen LogP contribution in [0.2, 0.25) is 0 Å². The molecular weight excluding hydrogens is 1510 g/mol. The molecule has 13 aromatic rings. The first-order valence-electron chi connectivity index (χ1n) is 45.7. The molecule has 0 saturated carbocycles. The maximum absolute atomic E-state index is 2.57. The fourth-order valence-electron chi connectivity index (χ4n) is 21.2. The van der Waals surface area contributed by atoms with Crippen molar-refractivity contribution in [3.63, 3.8) is 0 Å². The molecule has 0 heterocycles. The normalized spacial score (nSPS) is 20.8. The van der Waals surface area contributed by atoms with Crippen molar-refractivity contribution in [2.45, 2.75) is 92.4 Å². The lowest BCUT2D eigenvalue weighted by Crippen LogP contribution is -2.35. The largest absolute Gasteiger partial charge is 0.348 e. The molecule has 0 aromatic heterocycles. The molecule has 12 aliphatic rings. The maximum Gasteiger partial charge on any atom is 0.0462 e. The van der Waals surface area contributed by atoms with Gasteiger partial charge in [-0.15, -0.1) is 0 Å². The first kappa shape index (κ1) is 81.4. The van der Waals surface area contributed by atoms with Crippen LogP contribution in [0.25, 0.3) is 50.1 Å². The van der Waals surface area contributed by atoms with Crippen molar-refractivity contribution >= 4 is 84.7 Å². The summed E-state index contributed by atoms with van der Waals surface area (Å²) in [7, 11) is 6.49. The number of benzene rings is 13. The summed E-state index contributed by atoms with van der Waals surface area (Å²) in [5.41, 5.74) is 38.4. The van der Waals surface area contributed by atoms with Crippen molar-refractivity contribution in [1.82, 2.24) is 0 Å². The third kappa shape index (κ3) is 17.2. The van der Waals surface area contributed by atoms with Crippen LogP contribution in [0.1, 0.15) is 116 Å². The van der Waals surface area contributed by atoms with Crippen molar-refractivity contribution < 1.29 is 0 Å². The predicted octanol–water partition coefficient (Wildman–Crippen LogP) is 31.8. The van der Waals surface area contributed by atoms with E-state index in [0.29, 0.717) is 52.8 Å². The van der Waals surface area contributed by atoms with Gasteiger partial charge in [0.25, 0.3) is 0 Å². The standard InChI is InChI=1S/C48H44N2.C46H40N2.C26H31N/c1-33-13-15-34(16-14-33)35-25-27-44(28-26-35)50(43-11-7-4-8-12-43)48-32-39-22-24-41(48)30-46(39)37-19-17-36(18-20-37)45-29-40-23-21-38(45)31-47(40)49(2)42-9-5-3-6-10-42;1-33-13-15-34(16-14-33)35-19-27-43(28-20-35)48(42-11-7-4-8-12-42)44-29-23-37(24-30-44)46-32-38-17-18-39(46)31-45(38)36-21-25-41(26-22-36)47(2)40-9-5-3-6-10-40;1-5-16-26(3)18-20-8-15-25(26)24(17-20)21-9-13-23(14-10-21)27(4)22-11-6-19(2)7-12-22/h3-20,25-32,38-41H,21-24H2,1-2H3;3-16,19-32,38-39H,17-18H2,1-2H3;6-15,17,20,25H,5,16,18H2,1-4H3. The van der Waals surface area contributed by atoms with Gasteiger partial charge in [0.1, 0.15) is 0 Å². The number of para-hydroxylation sites is 4. The maximum atomic E-state index is 2.57. The number of aryl methyl sites for hydroxylation is 3. The van der Waals surface area contributed by atoms with Crippen LogP contribution in [-0.2, 0) is 0 Å². The number of allylic oxidation sites excluding steroid dienone is 14. The quantitative estimate of drug-likeness (QED) is 0.0665. The smallest absolute Gasteiger partial charge is 0.0462 e. The van der Waals surface area contributed by atoms with E-state index in [9.17, 15) is 0 Å². The Kier molecular flexibility index (Phi) is 23.4.